The predicted octanol–water partition coefficient (Wildman–Crippen LogP) is 1.56. The zero-order valence-electron chi connectivity index (χ0n) is 10.9. The molecule has 2 N–H and O–H groups in total. The molecule has 7 nitrogen and oxygen atoms in total. The number of pyridine rings is 1. The molecule has 20 heavy (non-hydrogen) atoms. The summed E-state index contributed by atoms with van der Waals surface area (Å²) in [6, 6.07) is 4.38. The zero-order valence-corrected chi connectivity index (χ0v) is 10.9. The summed E-state index contributed by atoms with van der Waals surface area (Å²) >= 11 is 0. The maximum atomic E-state index is 11.1. The summed E-state index contributed by atoms with van der Waals surface area (Å²) in [7, 11) is 0. The first-order chi connectivity index (χ1) is 9.67. The van der Waals surface area contributed by atoms with E-state index in [9.17, 15) is 10.1 Å². The first-order valence-corrected chi connectivity index (χ1v) is 6.73. The number of hydrogen-bond acceptors (Lipinski definition) is 6. The minimum atomic E-state index is -0.538. The summed E-state index contributed by atoms with van der Waals surface area (Å²) < 4.78 is 0. The van der Waals surface area contributed by atoms with E-state index in [0.717, 1.165) is 25.7 Å². The van der Waals surface area contributed by atoms with E-state index in [-0.39, 0.29) is 23.1 Å². The van der Waals surface area contributed by atoms with E-state index in [1.165, 1.54) is 12.3 Å². The van der Waals surface area contributed by atoms with Crippen molar-refractivity contribution in [1.29, 1.82) is 5.26 Å². The first kappa shape index (κ1) is 12.8. The van der Waals surface area contributed by atoms with Crippen LogP contribution in [0.4, 0.5) is 11.5 Å². The van der Waals surface area contributed by atoms with Crippen molar-refractivity contribution >= 4 is 11.5 Å². The van der Waals surface area contributed by atoms with Crippen LogP contribution in [0.1, 0.15) is 31.2 Å². The van der Waals surface area contributed by atoms with Crippen molar-refractivity contribution in [3.63, 3.8) is 0 Å². The van der Waals surface area contributed by atoms with E-state index in [2.05, 4.69) is 15.6 Å². The number of hydrogen-bond donors (Lipinski definition) is 2. The van der Waals surface area contributed by atoms with E-state index in [1.54, 1.807) is 0 Å². The quantitative estimate of drug-likeness (QED) is 0.639. The van der Waals surface area contributed by atoms with Crippen LogP contribution in [0.25, 0.3) is 0 Å². The molecule has 104 valence electrons. The Kier molecular flexibility index (Phi) is 3.24. The van der Waals surface area contributed by atoms with Gasteiger partial charge in [-0.05, 0) is 31.7 Å². The van der Waals surface area contributed by atoms with Crippen LogP contribution in [0.5, 0.6) is 0 Å². The number of aromatic nitrogens is 1. The maximum absolute atomic E-state index is 11.1. The number of nitrogens with one attached hydrogen (secondary N) is 2. The summed E-state index contributed by atoms with van der Waals surface area (Å²) in [6.45, 7) is 0. The average molecular weight is 273 g/mol. The highest BCUT2D eigenvalue weighted by molar-refractivity contribution is 5.64. The topological polar surface area (TPSA) is 104 Å². The van der Waals surface area contributed by atoms with Gasteiger partial charge in [-0.25, -0.2) is 4.98 Å². The van der Waals surface area contributed by atoms with Crippen molar-refractivity contribution in [2.45, 2.75) is 43.8 Å². The molecule has 0 amide bonds. The van der Waals surface area contributed by atoms with Crippen molar-refractivity contribution in [3.8, 4) is 6.07 Å². The summed E-state index contributed by atoms with van der Waals surface area (Å²) in [4.78, 5) is 14.7. The van der Waals surface area contributed by atoms with Crippen molar-refractivity contribution in [2.75, 3.05) is 5.32 Å². The van der Waals surface area contributed by atoms with Crippen LogP contribution in [-0.4, -0.2) is 28.0 Å². The van der Waals surface area contributed by atoms with Gasteiger partial charge < -0.3 is 10.6 Å². The smallest absolute Gasteiger partial charge is 0.328 e. The van der Waals surface area contributed by atoms with Crippen LogP contribution < -0.4 is 10.6 Å². The lowest BCUT2D eigenvalue weighted by Gasteiger charge is -2.29. The van der Waals surface area contributed by atoms with Gasteiger partial charge in [-0.3, -0.25) is 10.1 Å². The average Bonchev–Trinajstić information content (AvgIpc) is 2.77. The largest absolute Gasteiger partial charge is 0.361 e. The normalized spacial score (nSPS) is 27.9. The number of nitrogens with zero attached hydrogens (tertiary/aromatic N) is 3. The summed E-state index contributed by atoms with van der Waals surface area (Å²) in [6.07, 6.45) is 5.63. The van der Waals surface area contributed by atoms with Crippen LogP contribution in [0.15, 0.2) is 12.3 Å². The molecule has 3 heterocycles. The van der Waals surface area contributed by atoms with Gasteiger partial charge in [0.2, 0.25) is 5.82 Å². The third-order valence-electron chi connectivity index (χ3n) is 4.04. The van der Waals surface area contributed by atoms with E-state index in [4.69, 9.17) is 5.26 Å². The molecule has 2 saturated heterocycles. The number of nitro groups is 1. The molecule has 0 aromatic carbocycles. The highest BCUT2D eigenvalue weighted by Crippen LogP contribution is 2.31. The van der Waals surface area contributed by atoms with Crippen LogP contribution in [-0.2, 0) is 0 Å². The molecule has 7 heteroatoms. The van der Waals surface area contributed by atoms with Crippen LogP contribution in [0.2, 0.25) is 0 Å². The van der Waals surface area contributed by atoms with Crippen LogP contribution >= 0.6 is 0 Å². The van der Waals surface area contributed by atoms with Gasteiger partial charge in [0.25, 0.3) is 0 Å². The van der Waals surface area contributed by atoms with E-state index >= 15 is 0 Å². The molecule has 2 fully saturated rings. The lowest BCUT2D eigenvalue weighted by Crippen LogP contribution is -2.43. The van der Waals surface area contributed by atoms with Gasteiger partial charge in [-0.15, -0.1) is 0 Å². The van der Waals surface area contributed by atoms with Crippen LogP contribution in [0.3, 0.4) is 0 Å². The lowest BCUT2D eigenvalue weighted by molar-refractivity contribution is -0.384. The Morgan fingerprint density at radius 3 is 2.75 bits per heavy atom. The zero-order chi connectivity index (χ0) is 14.1. The van der Waals surface area contributed by atoms with Gasteiger partial charge in [-0.1, -0.05) is 0 Å². The van der Waals surface area contributed by atoms with Crippen molar-refractivity contribution < 1.29 is 4.92 Å². The molecule has 0 saturated carbocycles. The fourth-order valence-electron chi connectivity index (χ4n) is 3.20. The number of piperidine rings is 1. The molecule has 2 unspecified atom stereocenters. The predicted molar refractivity (Wildman–Crippen MR) is 72.2 cm³/mol. The fraction of sp³-hybridized carbons (Fsp3) is 0.538. The number of rotatable bonds is 3. The molecular weight excluding hydrogens is 258 g/mol. The third kappa shape index (κ3) is 2.30. The second kappa shape index (κ2) is 5.06. The van der Waals surface area contributed by atoms with Crippen molar-refractivity contribution in [1.82, 2.24) is 10.3 Å². The Bertz CT molecular complexity index is 571. The van der Waals surface area contributed by atoms with Gasteiger partial charge >= 0.3 is 5.69 Å². The molecule has 1 aromatic heterocycles. The molecule has 2 aliphatic rings. The van der Waals surface area contributed by atoms with Gasteiger partial charge in [0.15, 0.2) is 0 Å². The molecule has 2 atom stereocenters. The Morgan fingerprint density at radius 2 is 2.15 bits per heavy atom. The fourth-order valence-corrected chi connectivity index (χ4v) is 3.20. The Labute approximate surface area is 116 Å². The Balaban J connectivity index is 1.84. The van der Waals surface area contributed by atoms with E-state index in [0.29, 0.717) is 12.1 Å². The molecule has 1 aromatic rings. The minimum Gasteiger partial charge on any atom is -0.361 e. The maximum Gasteiger partial charge on any atom is 0.328 e. The number of anilines is 1. The molecular formula is C13H15N5O2. The number of nitriles is 1. The van der Waals surface area contributed by atoms with Crippen LogP contribution in [0, 0.1) is 21.4 Å². The Hall–Kier alpha value is -2.20. The summed E-state index contributed by atoms with van der Waals surface area (Å²) in [5.74, 6) is 0.209. The highest BCUT2D eigenvalue weighted by atomic mass is 16.6. The van der Waals surface area contributed by atoms with Crippen molar-refractivity contribution in [2.24, 2.45) is 0 Å². The van der Waals surface area contributed by atoms with E-state index in [1.807, 2.05) is 6.07 Å². The SMILES string of the molecule is N#Cc1ccnc(NC2CC3CCC(C2)N3)c1[N+](=O)[O-]. The lowest BCUT2D eigenvalue weighted by atomic mass is 10.00. The Morgan fingerprint density at radius 1 is 1.45 bits per heavy atom. The molecule has 2 aliphatic heterocycles. The second-order valence-corrected chi connectivity index (χ2v) is 5.38. The second-order valence-electron chi connectivity index (χ2n) is 5.38. The highest BCUT2D eigenvalue weighted by Gasteiger charge is 2.34. The van der Waals surface area contributed by atoms with Gasteiger partial charge in [0, 0.05) is 24.3 Å². The molecule has 0 aliphatic carbocycles. The monoisotopic (exact) mass is 273 g/mol. The molecule has 3 rings (SSSR count). The van der Waals surface area contributed by atoms with Gasteiger partial charge in [0.1, 0.15) is 11.6 Å². The molecule has 0 spiro atoms. The van der Waals surface area contributed by atoms with E-state index < -0.39 is 4.92 Å². The van der Waals surface area contributed by atoms with Crippen molar-refractivity contribution in [3.05, 3.63) is 27.9 Å². The standard InChI is InChI=1S/C13H15N5O2/c14-7-8-3-4-15-13(12(8)18(19)20)17-11-5-9-1-2-10(6-11)16-9/h3-4,9-11,16H,1-2,5-6H2,(H,15,17). The molecule has 2 bridgehead atoms. The minimum absolute atomic E-state index is 0.0457. The third-order valence-corrected chi connectivity index (χ3v) is 4.04. The summed E-state index contributed by atoms with van der Waals surface area (Å²) in [5, 5.41) is 26.8. The first-order valence-electron chi connectivity index (χ1n) is 6.73. The van der Waals surface area contributed by atoms with Gasteiger partial charge in [0.05, 0.1) is 4.92 Å². The molecule has 0 radical (unpaired) electrons. The van der Waals surface area contributed by atoms with Gasteiger partial charge in [-0.2, -0.15) is 5.26 Å². The summed E-state index contributed by atoms with van der Waals surface area (Å²) in [5.41, 5.74) is -0.176. The number of fused-ring (bicyclic) bond motifs is 2.